The Hall–Kier alpha value is -1.43. The maximum atomic E-state index is 11.1. The zero-order valence-electron chi connectivity index (χ0n) is 12.7. The third-order valence-corrected chi connectivity index (χ3v) is 4.67. The molecule has 0 aliphatic heterocycles. The monoisotopic (exact) mass is 411 g/mol. The van der Waals surface area contributed by atoms with Gasteiger partial charge in [-0.15, -0.1) is 0 Å². The van der Waals surface area contributed by atoms with Crippen LogP contribution in [0.3, 0.4) is 0 Å². The molecule has 0 N–H and O–H groups in total. The molecule has 23 heavy (non-hydrogen) atoms. The van der Waals surface area contributed by atoms with Crippen LogP contribution in [0.5, 0.6) is 5.75 Å². The summed E-state index contributed by atoms with van der Waals surface area (Å²) in [5, 5.41) is 1.92. The van der Waals surface area contributed by atoms with Crippen molar-refractivity contribution < 1.29 is 31.1 Å². The average Bonchev–Trinajstić information content (AvgIpc) is 2.75. The van der Waals surface area contributed by atoms with Gasteiger partial charge in [-0.2, -0.15) is 4.57 Å². The number of hydrogen-bond acceptors (Lipinski definition) is 3. The topological polar surface area (TPSA) is 30.2 Å². The molecule has 3 aromatic rings. The molecule has 0 fully saturated rings. The number of fused-ring (bicyclic) bond motifs is 1. The number of thiazole rings is 1. The van der Waals surface area contributed by atoms with Gasteiger partial charge in [-0.3, -0.25) is 4.79 Å². The van der Waals surface area contributed by atoms with Crippen LogP contribution in [0.15, 0.2) is 42.5 Å². The van der Waals surface area contributed by atoms with E-state index in [0.29, 0.717) is 5.75 Å². The van der Waals surface area contributed by atoms with Crippen LogP contribution in [0.2, 0.25) is 5.02 Å². The van der Waals surface area contributed by atoms with E-state index in [1.807, 2.05) is 36.4 Å². The van der Waals surface area contributed by atoms with Gasteiger partial charge >= 0.3 is 5.97 Å². The molecular weight excluding hydrogens is 398 g/mol. The molecule has 0 bridgehead atoms. The summed E-state index contributed by atoms with van der Waals surface area (Å²) in [4.78, 5) is 11.1. The number of nitrogens with zero attached hydrogens (tertiary/aromatic N) is 1. The highest BCUT2D eigenvalue weighted by atomic mass is 79.9. The molecule has 3 rings (SSSR count). The average molecular weight is 413 g/mol. The molecule has 0 atom stereocenters. The number of ether oxygens (including phenoxy) is 1. The van der Waals surface area contributed by atoms with Crippen molar-refractivity contribution in [3.05, 3.63) is 58.1 Å². The number of halogens is 2. The van der Waals surface area contributed by atoms with Crippen molar-refractivity contribution in [2.45, 2.75) is 20.4 Å². The smallest absolute Gasteiger partial charge is 0.308 e. The first kappa shape index (κ1) is 17.9. The molecule has 0 aliphatic carbocycles. The highest BCUT2D eigenvalue weighted by Gasteiger charge is 2.19. The number of benzene rings is 2. The van der Waals surface area contributed by atoms with Gasteiger partial charge in [-0.25, -0.2) is 0 Å². The summed E-state index contributed by atoms with van der Waals surface area (Å²) in [5.74, 6) is 0.255. The van der Waals surface area contributed by atoms with Crippen LogP contribution in [0, 0.1) is 6.92 Å². The summed E-state index contributed by atoms with van der Waals surface area (Å²) in [6, 6.07) is 13.6. The Balaban J connectivity index is 0.00000192. The third-order valence-electron chi connectivity index (χ3n) is 3.35. The van der Waals surface area contributed by atoms with E-state index in [4.69, 9.17) is 16.3 Å². The lowest BCUT2D eigenvalue weighted by atomic mass is 10.2. The Kier molecular flexibility index (Phi) is 5.79. The molecule has 0 radical (unpaired) electrons. The first-order valence-corrected chi connectivity index (χ1v) is 8.08. The molecule has 2 aromatic carbocycles. The van der Waals surface area contributed by atoms with Crippen LogP contribution < -0.4 is 26.3 Å². The lowest BCUT2D eigenvalue weighted by molar-refractivity contribution is -0.664. The number of rotatable bonds is 3. The number of aryl methyl sites for hydroxylation is 1. The minimum atomic E-state index is -0.312. The minimum Gasteiger partial charge on any atom is -1.00 e. The first-order chi connectivity index (χ1) is 10.5. The molecule has 6 heteroatoms. The summed E-state index contributed by atoms with van der Waals surface area (Å²) < 4.78 is 8.56. The zero-order valence-corrected chi connectivity index (χ0v) is 15.8. The Bertz CT molecular complexity index is 863. The molecule has 1 aromatic heterocycles. The minimum absolute atomic E-state index is 0. The van der Waals surface area contributed by atoms with E-state index in [9.17, 15) is 4.79 Å². The van der Waals surface area contributed by atoms with Gasteiger partial charge in [0.1, 0.15) is 10.4 Å². The number of esters is 1. The van der Waals surface area contributed by atoms with E-state index in [0.717, 1.165) is 27.3 Å². The van der Waals surface area contributed by atoms with E-state index in [1.165, 1.54) is 11.9 Å². The van der Waals surface area contributed by atoms with Crippen LogP contribution in [-0.4, -0.2) is 5.97 Å². The summed E-state index contributed by atoms with van der Waals surface area (Å²) in [7, 11) is 0. The van der Waals surface area contributed by atoms with Gasteiger partial charge < -0.3 is 21.7 Å². The normalized spacial score (nSPS) is 10.4. The van der Waals surface area contributed by atoms with Crippen LogP contribution in [0.25, 0.3) is 10.2 Å². The van der Waals surface area contributed by atoms with Crippen molar-refractivity contribution in [2.75, 3.05) is 0 Å². The molecular formula is C17H15BrClNO2S. The predicted molar refractivity (Wildman–Crippen MR) is 88.6 cm³/mol. The molecule has 0 spiro atoms. The maximum absolute atomic E-state index is 11.1. The fourth-order valence-electron chi connectivity index (χ4n) is 2.42. The van der Waals surface area contributed by atoms with Gasteiger partial charge in [0.15, 0.2) is 6.54 Å². The predicted octanol–water partition coefficient (Wildman–Crippen LogP) is 1.13. The Morgan fingerprint density at radius 1 is 1.26 bits per heavy atom. The molecule has 3 nitrogen and oxygen atoms in total. The first-order valence-electron chi connectivity index (χ1n) is 6.89. The van der Waals surface area contributed by atoms with E-state index >= 15 is 0 Å². The second kappa shape index (κ2) is 7.43. The molecule has 0 saturated heterocycles. The summed E-state index contributed by atoms with van der Waals surface area (Å²) in [6.07, 6.45) is 0. The van der Waals surface area contributed by atoms with Crippen molar-refractivity contribution in [1.82, 2.24) is 0 Å². The Morgan fingerprint density at radius 2 is 2.04 bits per heavy atom. The molecule has 120 valence electrons. The molecule has 0 aliphatic rings. The SMILES string of the molecule is CC(=O)Oc1ccc2sc(C)[n+](Cc3cccc(Cl)c3)c2c1.[Br-]. The van der Waals surface area contributed by atoms with Crippen molar-refractivity contribution in [3.8, 4) is 5.75 Å². The number of carbonyl (C=O) groups excluding carboxylic acids is 1. The van der Waals surface area contributed by atoms with Crippen molar-refractivity contribution >= 4 is 39.1 Å². The fourth-order valence-corrected chi connectivity index (χ4v) is 3.64. The third kappa shape index (κ3) is 4.10. The quantitative estimate of drug-likeness (QED) is 0.367. The highest BCUT2D eigenvalue weighted by Crippen LogP contribution is 2.25. The molecule has 0 amide bonds. The molecule has 0 saturated carbocycles. The Morgan fingerprint density at radius 3 is 2.74 bits per heavy atom. The van der Waals surface area contributed by atoms with Crippen LogP contribution >= 0.6 is 22.9 Å². The standard InChI is InChI=1S/C17H15ClNO2S.BrH/c1-11-19(10-13-4-3-5-14(18)8-13)16-9-15(21-12(2)20)6-7-17(16)22-11;/h3-9H,10H2,1-2H3;1H/q+1;/p-1. The number of carbonyl (C=O) groups is 1. The second-order valence-corrected chi connectivity index (χ2v) is 6.73. The lowest BCUT2D eigenvalue weighted by Crippen LogP contribution is -3.00. The van der Waals surface area contributed by atoms with E-state index in [2.05, 4.69) is 17.6 Å². The summed E-state index contributed by atoms with van der Waals surface area (Å²) in [6.45, 7) is 4.22. The van der Waals surface area contributed by atoms with Crippen LogP contribution in [0.4, 0.5) is 0 Å². The Labute approximate surface area is 154 Å². The van der Waals surface area contributed by atoms with Crippen molar-refractivity contribution in [2.24, 2.45) is 0 Å². The lowest BCUT2D eigenvalue weighted by Gasteiger charge is -2.01. The maximum Gasteiger partial charge on any atom is 0.308 e. The number of hydrogen-bond donors (Lipinski definition) is 0. The highest BCUT2D eigenvalue weighted by molar-refractivity contribution is 7.18. The zero-order chi connectivity index (χ0) is 15.7. The molecule has 1 heterocycles. The van der Waals surface area contributed by atoms with Gasteiger partial charge in [0.2, 0.25) is 10.5 Å². The van der Waals surface area contributed by atoms with Gasteiger partial charge in [-0.1, -0.05) is 35.1 Å². The number of aromatic nitrogens is 1. The fraction of sp³-hybridized carbons (Fsp3) is 0.176. The van der Waals surface area contributed by atoms with Crippen LogP contribution in [-0.2, 0) is 11.3 Å². The second-order valence-electron chi connectivity index (χ2n) is 5.06. The van der Waals surface area contributed by atoms with Crippen molar-refractivity contribution in [1.29, 1.82) is 0 Å². The molecule has 0 unspecified atom stereocenters. The van der Waals surface area contributed by atoms with Gasteiger partial charge in [0.25, 0.3) is 0 Å². The summed E-state index contributed by atoms with van der Waals surface area (Å²) in [5.41, 5.74) is 2.19. The largest absolute Gasteiger partial charge is 1.00 e. The van der Waals surface area contributed by atoms with Crippen LogP contribution in [0.1, 0.15) is 17.5 Å². The van der Waals surface area contributed by atoms with E-state index in [1.54, 1.807) is 11.3 Å². The van der Waals surface area contributed by atoms with Gasteiger partial charge in [-0.05, 0) is 24.3 Å². The van der Waals surface area contributed by atoms with E-state index < -0.39 is 0 Å². The van der Waals surface area contributed by atoms with Gasteiger partial charge in [0, 0.05) is 24.4 Å². The summed E-state index contributed by atoms with van der Waals surface area (Å²) >= 11 is 7.78. The van der Waals surface area contributed by atoms with Crippen molar-refractivity contribution in [3.63, 3.8) is 0 Å². The van der Waals surface area contributed by atoms with E-state index in [-0.39, 0.29) is 23.0 Å². The van der Waals surface area contributed by atoms with Gasteiger partial charge in [0.05, 0.1) is 6.07 Å².